The molecule has 24 heavy (non-hydrogen) atoms. The number of benzene rings is 1. The van der Waals surface area contributed by atoms with Gasteiger partial charge in [0.15, 0.2) is 5.65 Å². The first-order chi connectivity index (χ1) is 11.8. The third-order valence-corrected chi connectivity index (χ3v) is 4.33. The van der Waals surface area contributed by atoms with Gasteiger partial charge in [0, 0.05) is 37.1 Å². The van der Waals surface area contributed by atoms with Crippen LogP contribution in [0.15, 0.2) is 48.8 Å². The van der Waals surface area contributed by atoms with Crippen molar-refractivity contribution in [3.63, 3.8) is 0 Å². The molecule has 3 heterocycles. The van der Waals surface area contributed by atoms with Crippen molar-refractivity contribution < 1.29 is 4.79 Å². The molecule has 2 N–H and O–H groups in total. The zero-order valence-electron chi connectivity index (χ0n) is 13.3. The Balaban J connectivity index is 1.50. The van der Waals surface area contributed by atoms with Crippen LogP contribution in [0, 0.1) is 5.92 Å². The maximum Gasteiger partial charge on any atom is 0.252 e. The van der Waals surface area contributed by atoms with Gasteiger partial charge < -0.3 is 10.6 Å². The molecule has 0 spiro atoms. The third-order valence-electron chi connectivity index (χ3n) is 4.33. The van der Waals surface area contributed by atoms with Gasteiger partial charge in [-0.25, -0.2) is 9.67 Å². The fourth-order valence-corrected chi connectivity index (χ4v) is 2.80. The highest BCUT2D eigenvalue weighted by atomic mass is 16.1. The van der Waals surface area contributed by atoms with E-state index in [4.69, 9.17) is 0 Å². The second kappa shape index (κ2) is 6.41. The molecule has 0 unspecified atom stereocenters. The number of carbonyl (C=O) groups excluding carboxylic acids is 1. The lowest BCUT2D eigenvalue weighted by Crippen LogP contribution is -2.48. The molecule has 6 nitrogen and oxygen atoms in total. The van der Waals surface area contributed by atoms with E-state index in [-0.39, 0.29) is 5.91 Å². The summed E-state index contributed by atoms with van der Waals surface area (Å²) < 4.78 is 1.85. The number of hydrogen-bond acceptors (Lipinski definition) is 4. The van der Waals surface area contributed by atoms with Crippen molar-refractivity contribution >= 4 is 16.9 Å². The van der Waals surface area contributed by atoms with E-state index in [0.29, 0.717) is 24.6 Å². The molecule has 122 valence electrons. The number of nitrogens with zero attached hydrogens (tertiary/aromatic N) is 3. The minimum atomic E-state index is -0.0768. The van der Waals surface area contributed by atoms with Crippen molar-refractivity contribution in [1.29, 1.82) is 0 Å². The number of fused-ring (bicyclic) bond motifs is 1. The maximum atomic E-state index is 12.2. The fourth-order valence-electron chi connectivity index (χ4n) is 2.80. The van der Waals surface area contributed by atoms with Crippen LogP contribution in [0.2, 0.25) is 0 Å². The lowest BCUT2D eigenvalue weighted by atomic mass is 10.0. The predicted molar refractivity (Wildman–Crippen MR) is 91.8 cm³/mol. The molecular weight excluding hydrogens is 302 g/mol. The molecule has 1 saturated heterocycles. The molecule has 6 heteroatoms. The maximum absolute atomic E-state index is 12.2. The second-order valence-electron chi connectivity index (χ2n) is 6.16. The summed E-state index contributed by atoms with van der Waals surface area (Å²) >= 11 is 0. The summed E-state index contributed by atoms with van der Waals surface area (Å²) in [5, 5.41) is 11.4. The molecule has 0 aliphatic carbocycles. The van der Waals surface area contributed by atoms with Crippen LogP contribution in [0.5, 0.6) is 0 Å². The molecule has 1 amide bonds. The zero-order chi connectivity index (χ0) is 16.4. The average molecular weight is 321 g/mol. The van der Waals surface area contributed by atoms with Gasteiger partial charge in [-0.15, -0.1) is 0 Å². The van der Waals surface area contributed by atoms with E-state index in [0.717, 1.165) is 24.1 Å². The first kappa shape index (κ1) is 14.8. The molecule has 4 rings (SSSR count). The second-order valence-corrected chi connectivity index (χ2v) is 6.16. The smallest absolute Gasteiger partial charge is 0.252 e. The van der Waals surface area contributed by atoms with Gasteiger partial charge in [-0.1, -0.05) is 30.3 Å². The van der Waals surface area contributed by atoms with Gasteiger partial charge >= 0.3 is 0 Å². The van der Waals surface area contributed by atoms with E-state index in [1.54, 1.807) is 12.4 Å². The summed E-state index contributed by atoms with van der Waals surface area (Å²) in [6.45, 7) is 3.32. The van der Waals surface area contributed by atoms with Crippen LogP contribution in [0.3, 0.4) is 0 Å². The summed E-state index contributed by atoms with van der Waals surface area (Å²) in [6, 6.07) is 12.0. The van der Waals surface area contributed by atoms with E-state index in [1.807, 2.05) is 28.9 Å². The quantitative estimate of drug-likeness (QED) is 0.746. The van der Waals surface area contributed by atoms with Crippen LogP contribution in [0.4, 0.5) is 0 Å². The molecule has 3 aromatic rings. The number of amides is 1. The fraction of sp³-hybridized carbons (Fsp3) is 0.278. The van der Waals surface area contributed by atoms with Crippen LogP contribution < -0.4 is 10.6 Å². The molecule has 2 aromatic heterocycles. The summed E-state index contributed by atoms with van der Waals surface area (Å²) in [6.07, 6.45) is 3.39. The van der Waals surface area contributed by atoms with E-state index < -0.39 is 0 Å². The van der Waals surface area contributed by atoms with Crippen molar-refractivity contribution in [3.05, 3.63) is 59.9 Å². The van der Waals surface area contributed by atoms with Gasteiger partial charge in [-0.3, -0.25) is 4.79 Å². The van der Waals surface area contributed by atoms with Crippen LogP contribution in [0.1, 0.15) is 15.9 Å². The molecule has 0 bridgehead atoms. The highest BCUT2D eigenvalue weighted by molar-refractivity contribution is 5.96. The molecule has 1 aliphatic heterocycles. The topological polar surface area (TPSA) is 71.8 Å². The van der Waals surface area contributed by atoms with E-state index in [9.17, 15) is 4.79 Å². The Labute approximate surface area is 139 Å². The molecular formula is C18H19N5O. The Hall–Kier alpha value is -2.73. The summed E-state index contributed by atoms with van der Waals surface area (Å²) in [4.78, 5) is 16.7. The number of nitrogens with one attached hydrogen (secondary N) is 2. The van der Waals surface area contributed by atoms with Crippen LogP contribution in [0.25, 0.3) is 11.0 Å². The van der Waals surface area contributed by atoms with Crippen LogP contribution in [-0.2, 0) is 6.54 Å². The molecule has 0 saturated carbocycles. The molecule has 0 atom stereocenters. The van der Waals surface area contributed by atoms with Crippen LogP contribution in [-0.4, -0.2) is 40.3 Å². The van der Waals surface area contributed by atoms with Gasteiger partial charge in [0.25, 0.3) is 5.91 Å². The SMILES string of the molecule is O=C(NCC1CNC1)c1cnc2c(cnn2Cc2ccccc2)c1. The Morgan fingerprint density at radius 1 is 1.25 bits per heavy atom. The van der Waals surface area contributed by atoms with E-state index in [2.05, 4.69) is 32.8 Å². The minimum Gasteiger partial charge on any atom is -0.352 e. The Bertz CT molecular complexity index is 854. The Kier molecular flexibility index (Phi) is 3.96. The van der Waals surface area contributed by atoms with Crippen molar-refractivity contribution in [1.82, 2.24) is 25.4 Å². The molecule has 1 fully saturated rings. The Morgan fingerprint density at radius 3 is 2.83 bits per heavy atom. The number of rotatable bonds is 5. The highest BCUT2D eigenvalue weighted by Crippen LogP contribution is 2.15. The molecule has 0 radical (unpaired) electrons. The lowest BCUT2D eigenvalue weighted by molar-refractivity contribution is 0.0942. The monoisotopic (exact) mass is 321 g/mol. The summed E-state index contributed by atoms with van der Waals surface area (Å²) in [7, 11) is 0. The predicted octanol–water partition coefficient (Wildman–Crippen LogP) is 1.43. The first-order valence-corrected chi connectivity index (χ1v) is 8.14. The number of aromatic nitrogens is 3. The normalized spacial score (nSPS) is 14.5. The first-order valence-electron chi connectivity index (χ1n) is 8.14. The lowest BCUT2D eigenvalue weighted by Gasteiger charge is -2.27. The van der Waals surface area contributed by atoms with Crippen molar-refractivity contribution in [2.45, 2.75) is 6.54 Å². The highest BCUT2D eigenvalue weighted by Gasteiger charge is 2.18. The van der Waals surface area contributed by atoms with Gasteiger partial charge in [-0.05, 0) is 11.6 Å². The molecule has 1 aliphatic rings. The Morgan fingerprint density at radius 2 is 2.08 bits per heavy atom. The summed E-state index contributed by atoms with van der Waals surface area (Å²) in [5.41, 5.74) is 2.54. The summed E-state index contributed by atoms with van der Waals surface area (Å²) in [5.74, 6) is 0.464. The number of carbonyl (C=O) groups is 1. The minimum absolute atomic E-state index is 0.0768. The third kappa shape index (κ3) is 3.00. The van der Waals surface area contributed by atoms with Gasteiger partial charge in [0.05, 0.1) is 18.3 Å². The molecule has 1 aromatic carbocycles. The average Bonchev–Trinajstić information content (AvgIpc) is 2.96. The largest absolute Gasteiger partial charge is 0.352 e. The van der Waals surface area contributed by atoms with Gasteiger partial charge in [-0.2, -0.15) is 5.10 Å². The van der Waals surface area contributed by atoms with Crippen molar-refractivity contribution in [3.8, 4) is 0 Å². The van der Waals surface area contributed by atoms with Gasteiger partial charge in [0.1, 0.15) is 0 Å². The van der Waals surface area contributed by atoms with Crippen LogP contribution >= 0.6 is 0 Å². The standard InChI is InChI=1S/C18H19N5O/c24-18(21-9-14-7-19-8-14)16-6-15-11-22-23(17(15)20-10-16)12-13-4-2-1-3-5-13/h1-6,10-11,14,19H,7-9,12H2,(H,21,24). The van der Waals surface area contributed by atoms with E-state index in [1.165, 1.54) is 5.56 Å². The van der Waals surface area contributed by atoms with Crippen molar-refractivity contribution in [2.75, 3.05) is 19.6 Å². The van der Waals surface area contributed by atoms with E-state index >= 15 is 0 Å². The number of hydrogen-bond donors (Lipinski definition) is 2. The number of pyridine rings is 1. The zero-order valence-corrected chi connectivity index (χ0v) is 13.3. The van der Waals surface area contributed by atoms with Gasteiger partial charge in [0.2, 0.25) is 0 Å². The van der Waals surface area contributed by atoms with Crippen molar-refractivity contribution in [2.24, 2.45) is 5.92 Å².